The second-order valence-corrected chi connectivity index (χ2v) is 3.74. The Labute approximate surface area is 72.3 Å². The van der Waals surface area contributed by atoms with Crippen LogP contribution in [0.1, 0.15) is 6.42 Å². The summed E-state index contributed by atoms with van der Waals surface area (Å²) < 4.78 is 5.45. The molecule has 0 aromatic rings. The Bertz CT molecular complexity index is 165. The Kier molecular flexibility index (Phi) is 2.32. The standard InChI is InChI=1S/C8H16N2O2/c9-6(4-11)2-10-3-8-1-7(10)5-12-8/h6-8,11H,1-5,9H2. The minimum Gasteiger partial charge on any atom is -0.395 e. The summed E-state index contributed by atoms with van der Waals surface area (Å²) in [5.41, 5.74) is 5.65. The Balaban J connectivity index is 1.82. The van der Waals surface area contributed by atoms with Crippen LogP contribution in [0.4, 0.5) is 0 Å². The van der Waals surface area contributed by atoms with E-state index in [0.29, 0.717) is 12.1 Å². The first-order valence-corrected chi connectivity index (χ1v) is 4.51. The zero-order valence-electron chi connectivity index (χ0n) is 7.15. The predicted molar refractivity (Wildman–Crippen MR) is 44.8 cm³/mol. The van der Waals surface area contributed by atoms with Gasteiger partial charge in [0.15, 0.2) is 0 Å². The third kappa shape index (κ3) is 1.47. The quantitative estimate of drug-likeness (QED) is 0.560. The van der Waals surface area contributed by atoms with Gasteiger partial charge in [-0.15, -0.1) is 0 Å². The molecule has 0 amide bonds. The van der Waals surface area contributed by atoms with Crippen LogP contribution in [0.3, 0.4) is 0 Å². The molecule has 2 aliphatic rings. The first-order valence-electron chi connectivity index (χ1n) is 4.51. The van der Waals surface area contributed by atoms with Crippen LogP contribution in [-0.4, -0.2) is 54.5 Å². The van der Waals surface area contributed by atoms with Crippen molar-refractivity contribution in [1.82, 2.24) is 4.90 Å². The number of nitrogens with zero attached hydrogens (tertiary/aromatic N) is 1. The molecular weight excluding hydrogens is 156 g/mol. The summed E-state index contributed by atoms with van der Waals surface area (Å²) in [5.74, 6) is 0. The van der Waals surface area contributed by atoms with Crippen LogP contribution in [-0.2, 0) is 4.74 Å². The number of ether oxygens (including phenoxy) is 1. The number of fused-ring (bicyclic) bond motifs is 2. The van der Waals surface area contributed by atoms with Crippen molar-refractivity contribution < 1.29 is 9.84 Å². The van der Waals surface area contributed by atoms with Crippen LogP contribution in [0.25, 0.3) is 0 Å². The molecule has 3 N–H and O–H groups in total. The third-order valence-corrected chi connectivity index (χ3v) is 2.72. The van der Waals surface area contributed by atoms with E-state index < -0.39 is 0 Å². The second-order valence-electron chi connectivity index (χ2n) is 3.74. The lowest BCUT2D eigenvalue weighted by molar-refractivity contribution is 0.0259. The van der Waals surface area contributed by atoms with Crippen LogP contribution >= 0.6 is 0 Å². The number of aliphatic hydroxyl groups is 1. The maximum Gasteiger partial charge on any atom is 0.0718 e. The molecule has 2 saturated heterocycles. The molecular formula is C8H16N2O2. The van der Waals surface area contributed by atoms with Gasteiger partial charge in [-0.1, -0.05) is 0 Å². The number of nitrogens with two attached hydrogens (primary N) is 1. The first-order chi connectivity index (χ1) is 5.79. The van der Waals surface area contributed by atoms with Crippen molar-refractivity contribution >= 4 is 0 Å². The van der Waals surface area contributed by atoms with Crippen LogP contribution in [0.15, 0.2) is 0 Å². The van der Waals surface area contributed by atoms with Crippen molar-refractivity contribution in [1.29, 1.82) is 0 Å². The maximum atomic E-state index is 8.78. The van der Waals surface area contributed by atoms with Gasteiger partial charge in [-0.25, -0.2) is 0 Å². The van der Waals surface area contributed by atoms with E-state index in [1.165, 1.54) is 0 Å². The summed E-state index contributed by atoms with van der Waals surface area (Å²) in [4.78, 5) is 2.33. The monoisotopic (exact) mass is 172 g/mol. The van der Waals surface area contributed by atoms with E-state index in [9.17, 15) is 0 Å². The number of morpholine rings is 1. The summed E-state index contributed by atoms with van der Waals surface area (Å²) in [7, 11) is 0. The molecule has 2 rings (SSSR count). The Morgan fingerprint density at radius 2 is 2.50 bits per heavy atom. The van der Waals surface area contributed by atoms with Gasteiger partial charge in [-0.3, -0.25) is 4.90 Å². The van der Waals surface area contributed by atoms with E-state index in [0.717, 1.165) is 26.1 Å². The molecule has 0 spiro atoms. The van der Waals surface area contributed by atoms with Crippen molar-refractivity contribution in [3.63, 3.8) is 0 Å². The van der Waals surface area contributed by atoms with E-state index in [1.807, 2.05) is 0 Å². The van der Waals surface area contributed by atoms with Crippen molar-refractivity contribution in [3.05, 3.63) is 0 Å². The zero-order valence-corrected chi connectivity index (χ0v) is 7.15. The fourth-order valence-corrected chi connectivity index (χ4v) is 2.06. The molecule has 3 unspecified atom stereocenters. The molecule has 0 saturated carbocycles. The molecule has 0 aliphatic carbocycles. The molecule has 2 bridgehead atoms. The smallest absolute Gasteiger partial charge is 0.0718 e. The van der Waals surface area contributed by atoms with Gasteiger partial charge < -0.3 is 15.6 Å². The number of rotatable bonds is 3. The lowest BCUT2D eigenvalue weighted by atomic mass is 10.2. The molecule has 0 aromatic heterocycles. The molecule has 0 aromatic carbocycles. The molecule has 70 valence electrons. The Morgan fingerprint density at radius 1 is 1.67 bits per heavy atom. The van der Waals surface area contributed by atoms with E-state index >= 15 is 0 Å². The zero-order chi connectivity index (χ0) is 8.55. The summed E-state index contributed by atoms with van der Waals surface area (Å²) in [6.45, 7) is 2.73. The van der Waals surface area contributed by atoms with E-state index in [-0.39, 0.29) is 12.6 Å². The lowest BCUT2D eigenvalue weighted by Crippen LogP contribution is -2.45. The number of hydrogen-bond donors (Lipinski definition) is 2. The summed E-state index contributed by atoms with van der Waals surface area (Å²) in [6.07, 6.45) is 1.58. The fraction of sp³-hybridized carbons (Fsp3) is 1.00. The summed E-state index contributed by atoms with van der Waals surface area (Å²) in [5, 5.41) is 8.78. The minimum atomic E-state index is -0.0932. The van der Waals surface area contributed by atoms with E-state index in [4.69, 9.17) is 15.6 Å². The average Bonchev–Trinajstić information content (AvgIpc) is 2.64. The fourth-order valence-electron chi connectivity index (χ4n) is 2.06. The van der Waals surface area contributed by atoms with Gasteiger partial charge in [-0.2, -0.15) is 0 Å². The molecule has 3 atom stereocenters. The van der Waals surface area contributed by atoms with Crippen LogP contribution in [0.2, 0.25) is 0 Å². The molecule has 2 aliphatic heterocycles. The number of likely N-dealkylation sites (tertiary alicyclic amines) is 1. The SMILES string of the molecule is NC(CO)CN1CC2CC1CO2. The average molecular weight is 172 g/mol. The van der Waals surface area contributed by atoms with E-state index in [1.54, 1.807) is 0 Å². The lowest BCUT2D eigenvalue weighted by Gasteiger charge is -2.28. The van der Waals surface area contributed by atoms with Gasteiger partial charge in [-0.05, 0) is 6.42 Å². The highest BCUT2D eigenvalue weighted by Gasteiger charge is 2.38. The second kappa shape index (κ2) is 3.30. The molecule has 4 heteroatoms. The van der Waals surface area contributed by atoms with Crippen molar-refractivity contribution in [3.8, 4) is 0 Å². The normalized spacial score (nSPS) is 37.5. The van der Waals surface area contributed by atoms with E-state index in [2.05, 4.69) is 4.90 Å². The Morgan fingerprint density at radius 3 is 3.00 bits per heavy atom. The highest BCUT2D eigenvalue weighted by Crippen LogP contribution is 2.27. The molecule has 4 nitrogen and oxygen atoms in total. The third-order valence-electron chi connectivity index (χ3n) is 2.72. The van der Waals surface area contributed by atoms with Gasteiger partial charge in [0.05, 0.1) is 19.3 Å². The van der Waals surface area contributed by atoms with Gasteiger partial charge >= 0.3 is 0 Å². The van der Waals surface area contributed by atoms with Gasteiger partial charge in [0, 0.05) is 25.2 Å². The van der Waals surface area contributed by atoms with Crippen LogP contribution in [0, 0.1) is 0 Å². The largest absolute Gasteiger partial charge is 0.395 e. The predicted octanol–water partition coefficient (Wildman–Crippen LogP) is -1.22. The highest BCUT2D eigenvalue weighted by molar-refractivity contribution is 4.92. The molecule has 12 heavy (non-hydrogen) atoms. The van der Waals surface area contributed by atoms with Gasteiger partial charge in [0.25, 0.3) is 0 Å². The van der Waals surface area contributed by atoms with Gasteiger partial charge in [0.1, 0.15) is 0 Å². The summed E-state index contributed by atoms with van der Waals surface area (Å²) >= 11 is 0. The van der Waals surface area contributed by atoms with Crippen LogP contribution < -0.4 is 5.73 Å². The molecule has 0 radical (unpaired) electrons. The molecule has 2 heterocycles. The van der Waals surface area contributed by atoms with Crippen molar-refractivity contribution in [2.45, 2.75) is 24.6 Å². The van der Waals surface area contributed by atoms with Gasteiger partial charge in [0.2, 0.25) is 0 Å². The highest BCUT2D eigenvalue weighted by atomic mass is 16.5. The maximum absolute atomic E-state index is 8.78. The van der Waals surface area contributed by atoms with Crippen LogP contribution in [0.5, 0.6) is 0 Å². The number of aliphatic hydroxyl groups excluding tert-OH is 1. The minimum absolute atomic E-state index is 0.0781. The Hall–Kier alpha value is -0.160. The topological polar surface area (TPSA) is 58.7 Å². The molecule has 2 fully saturated rings. The van der Waals surface area contributed by atoms with Crippen molar-refractivity contribution in [2.24, 2.45) is 5.73 Å². The number of hydrogen-bond acceptors (Lipinski definition) is 4. The first kappa shape index (κ1) is 8.44. The summed E-state index contributed by atoms with van der Waals surface area (Å²) in [6, 6.07) is 0.469. The van der Waals surface area contributed by atoms with Crippen molar-refractivity contribution in [2.75, 3.05) is 26.3 Å².